The number of hydrogen-bond acceptors (Lipinski definition) is 3. The second-order valence-electron chi connectivity index (χ2n) is 5.41. The Hall–Kier alpha value is -0.120. The van der Waals surface area contributed by atoms with Gasteiger partial charge in [-0.15, -0.1) is 0 Å². The zero-order valence-electron chi connectivity index (χ0n) is 12.2. The van der Waals surface area contributed by atoms with Gasteiger partial charge in [0.15, 0.2) is 0 Å². The van der Waals surface area contributed by atoms with Crippen molar-refractivity contribution in [2.24, 2.45) is 0 Å². The van der Waals surface area contributed by atoms with E-state index in [4.69, 9.17) is 0 Å². The highest BCUT2D eigenvalue weighted by atomic mass is 15.3. The standard InChI is InChI=1S/C13H31N3/c1-14(2)12-10-8-7-9-11-13(15(3)4)16(5)6/h13H,7-12H2,1-6H3. The topological polar surface area (TPSA) is 9.72 Å². The third-order valence-corrected chi connectivity index (χ3v) is 3.01. The van der Waals surface area contributed by atoms with E-state index in [-0.39, 0.29) is 0 Å². The summed E-state index contributed by atoms with van der Waals surface area (Å²) < 4.78 is 0. The van der Waals surface area contributed by atoms with Gasteiger partial charge in [0.25, 0.3) is 0 Å². The van der Waals surface area contributed by atoms with Gasteiger partial charge in [0.05, 0.1) is 6.17 Å². The van der Waals surface area contributed by atoms with E-state index in [1.54, 1.807) is 0 Å². The van der Waals surface area contributed by atoms with Crippen molar-refractivity contribution in [1.29, 1.82) is 0 Å². The second-order valence-corrected chi connectivity index (χ2v) is 5.41. The van der Waals surface area contributed by atoms with Crippen molar-refractivity contribution in [2.75, 3.05) is 48.8 Å². The van der Waals surface area contributed by atoms with Gasteiger partial charge >= 0.3 is 0 Å². The van der Waals surface area contributed by atoms with Gasteiger partial charge in [-0.3, -0.25) is 9.80 Å². The predicted molar refractivity (Wildman–Crippen MR) is 72.8 cm³/mol. The molecule has 0 aromatic carbocycles. The molecule has 0 radical (unpaired) electrons. The first-order valence-corrected chi connectivity index (χ1v) is 6.42. The van der Waals surface area contributed by atoms with Crippen LogP contribution in [0.3, 0.4) is 0 Å². The smallest absolute Gasteiger partial charge is 0.0612 e. The van der Waals surface area contributed by atoms with Crippen LogP contribution in [-0.2, 0) is 0 Å². The van der Waals surface area contributed by atoms with Crippen LogP contribution in [0.25, 0.3) is 0 Å². The summed E-state index contributed by atoms with van der Waals surface area (Å²) in [6.07, 6.45) is 7.28. The van der Waals surface area contributed by atoms with Gasteiger partial charge < -0.3 is 4.90 Å². The summed E-state index contributed by atoms with van der Waals surface area (Å²) >= 11 is 0. The Morgan fingerprint density at radius 3 is 1.62 bits per heavy atom. The molecule has 0 heterocycles. The summed E-state index contributed by atoms with van der Waals surface area (Å²) in [6, 6.07) is 0. The van der Waals surface area contributed by atoms with Gasteiger partial charge in [-0.05, 0) is 61.7 Å². The Kier molecular flexibility index (Phi) is 8.90. The molecule has 0 N–H and O–H groups in total. The number of unbranched alkanes of at least 4 members (excludes halogenated alkanes) is 3. The molecule has 0 spiro atoms. The predicted octanol–water partition coefficient (Wildman–Crippen LogP) is 1.95. The molecule has 0 aliphatic carbocycles. The molecule has 3 heteroatoms. The highest BCUT2D eigenvalue weighted by Crippen LogP contribution is 2.10. The molecule has 0 aliphatic heterocycles. The SMILES string of the molecule is CN(C)CCCCCCC(N(C)C)N(C)C. The molecule has 0 saturated carbocycles. The third-order valence-electron chi connectivity index (χ3n) is 3.01. The molecule has 0 unspecified atom stereocenters. The van der Waals surface area contributed by atoms with E-state index in [1.165, 1.54) is 38.6 Å². The van der Waals surface area contributed by atoms with Crippen LogP contribution in [0.15, 0.2) is 0 Å². The fourth-order valence-corrected chi connectivity index (χ4v) is 2.09. The zero-order chi connectivity index (χ0) is 12.6. The van der Waals surface area contributed by atoms with Gasteiger partial charge in [-0.2, -0.15) is 0 Å². The molecule has 0 amide bonds. The van der Waals surface area contributed by atoms with Crippen molar-refractivity contribution in [2.45, 2.75) is 38.3 Å². The molecule has 0 aromatic rings. The van der Waals surface area contributed by atoms with Gasteiger partial charge in [0.1, 0.15) is 0 Å². The van der Waals surface area contributed by atoms with Crippen molar-refractivity contribution in [1.82, 2.24) is 14.7 Å². The molecule has 3 nitrogen and oxygen atoms in total. The van der Waals surface area contributed by atoms with E-state index in [0.29, 0.717) is 6.17 Å². The molecule has 98 valence electrons. The van der Waals surface area contributed by atoms with Gasteiger partial charge in [-0.1, -0.05) is 19.3 Å². The minimum atomic E-state index is 0.592. The highest BCUT2D eigenvalue weighted by Gasteiger charge is 2.12. The zero-order valence-corrected chi connectivity index (χ0v) is 12.2. The Morgan fingerprint density at radius 1 is 0.688 bits per heavy atom. The highest BCUT2D eigenvalue weighted by molar-refractivity contribution is 4.63. The van der Waals surface area contributed by atoms with Crippen molar-refractivity contribution in [3.05, 3.63) is 0 Å². The maximum atomic E-state index is 2.31. The van der Waals surface area contributed by atoms with Crippen molar-refractivity contribution >= 4 is 0 Å². The Balaban J connectivity index is 3.48. The fourth-order valence-electron chi connectivity index (χ4n) is 2.09. The summed E-state index contributed by atoms with van der Waals surface area (Å²) in [5.41, 5.74) is 0. The number of nitrogens with zero attached hydrogens (tertiary/aromatic N) is 3. The van der Waals surface area contributed by atoms with Gasteiger partial charge in [0, 0.05) is 0 Å². The van der Waals surface area contributed by atoms with Crippen molar-refractivity contribution in [3.8, 4) is 0 Å². The average molecular weight is 229 g/mol. The summed E-state index contributed by atoms with van der Waals surface area (Å²) in [6.45, 7) is 1.23. The summed E-state index contributed by atoms with van der Waals surface area (Å²) in [5.74, 6) is 0. The molecule has 16 heavy (non-hydrogen) atoms. The lowest BCUT2D eigenvalue weighted by molar-refractivity contribution is 0.117. The molecular weight excluding hydrogens is 198 g/mol. The van der Waals surface area contributed by atoms with Crippen LogP contribution in [0, 0.1) is 0 Å². The minimum absolute atomic E-state index is 0.592. The monoisotopic (exact) mass is 229 g/mol. The van der Waals surface area contributed by atoms with E-state index >= 15 is 0 Å². The molecule has 0 rings (SSSR count). The lowest BCUT2D eigenvalue weighted by Crippen LogP contribution is -2.40. The first-order valence-electron chi connectivity index (χ1n) is 6.42. The first-order chi connectivity index (χ1) is 7.45. The maximum Gasteiger partial charge on any atom is 0.0612 e. The van der Waals surface area contributed by atoms with Gasteiger partial charge in [0.2, 0.25) is 0 Å². The Labute approximate surface area is 102 Å². The van der Waals surface area contributed by atoms with Gasteiger partial charge in [-0.25, -0.2) is 0 Å². The third kappa shape index (κ3) is 8.08. The first kappa shape index (κ1) is 15.9. The van der Waals surface area contributed by atoms with Crippen LogP contribution in [0.5, 0.6) is 0 Å². The number of hydrogen-bond donors (Lipinski definition) is 0. The summed E-state index contributed by atoms with van der Waals surface area (Å²) in [7, 11) is 12.9. The molecular formula is C13H31N3. The molecule has 0 bridgehead atoms. The van der Waals surface area contributed by atoms with Crippen LogP contribution in [0.2, 0.25) is 0 Å². The molecule has 0 saturated heterocycles. The van der Waals surface area contributed by atoms with Crippen LogP contribution in [0.4, 0.5) is 0 Å². The van der Waals surface area contributed by atoms with E-state index in [9.17, 15) is 0 Å². The summed E-state index contributed by atoms with van der Waals surface area (Å²) in [5, 5.41) is 0. The number of rotatable bonds is 9. The summed E-state index contributed by atoms with van der Waals surface area (Å²) in [4.78, 5) is 6.88. The lowest BCUT2D eigenvalue weighted by atomic mass is 10.1. The van der Waals surface area contributed by atoms with Crippen LogP contribution >= 0.6 is 0 Å². The average Bonchev–Trinajstić information content (AvgIpc) is 2.14. The quantitative estimate of drug-likeness (QED) is 0.442. The van der Waals surface area contributed by atoms with Crippen LogP contribution < -0.4 is 0 Å². The minimum Gasteiger partial charge on any atom is -0.309 e. The van der Waals surface area contributed by atoms with Crippen molar-refractivity contribution < 1.29 is 0 Å². The fraction of sp³-hybridized carbons (Fsp3) is 1.00. The molecule has 0 aromatic heterocycles. The lowest BCUT2D eigenvalue weighted by Gasteiger charge is -2.30. The molecule has 0 fully saturated rings. The van der Waals surface area contributed by atoms with Crippen LogP contribution in [0.1, 0.15) is 32.1 Å². The maximum absolute atomic E-state index is 2.31. The largest absolute Gasteiger partial charge is 0.309 e. The van der Waals surface area contributed by atoms with E-state index in [1.807, 2.05) is 0 Å². The Morgan fingerprint density at radius 2 is 1.19 bits per heavy atom. The normalized spacial score (nSPS) is 12.4. The van der Waals surface area contributed by atoms with Crippen molar-refractivity contribution in [3.63, 3.8) is 0 Å². The van der Waals surface area contributed by atoms with E-state index in [0.717, 1.165) is 0 Å². The van der Waals surface area contributed by atoms with Crippen LogP contribution in [-0.4, -0.2) is 69.7 Å². The van der Waals surface area contributed by atoms with E-state index < -0.39 is 0 Å². The molecule has 0 aliphatic rings. The van der Waals surface area contributed by atoms with E-state index in [2.05, 4.69) is 57.0 Å². The molecule has 0 atom stereocenters. The second kappa shape index (κ2) is 8.97. The Bertz CT molecular complexity index is 147.